The third-order valence-electron chi connectivity index (χ3n) is 3.05. The highest BCUT2D eigenvalue weighted by Crippen LogP contribution is 2.28. The van der Waals surface area contributed by atoms with E-state index in [0.29, 0.717) is 10.0 Å². The zero-order valence-corrected chi connectivity index (χ0v) is 11.2. The molecule has 4 heteroatoms. The van der Waals surface area contributed by atoms with Gasteiger partial charge in [0, 0.05) is 5.02 Å². The molecule has 1 aliphatic carbocycles. The Morgan fingerprint density at radius 2 is 2.00 bits per heavy atom. The number of halogens is 1. The summed E-state index contributed by atoms with van der Waals surface area (Å²) in [7, 11) is 0. The van der Waals surface area contributed by atoms with Crippen molar-refractivity contribution in [1.82, 2.24) is 0 Å². The van der Waals surface area contributed by atoms with Crippen molar-refractivity contribution in [2.75, 3.05) is 0 Å². The Hall–Kier alpha value is -0.800. The average Bonchev–Trinajstić information content (AvgIpc) is 2.32. The standard InChI is InChI=1S/C13H16ClNOS/c14-9-6-7-12(11(8-9)13(15)17)16-10-4-2-1-3-5-10/h6-8,10H,1-5H2,(H2,15,17). The summed E-state index contributed by atoms with van der Waals surface area (Å²) in [6, 6.07) is 5.43. The minimum absolute atomic E-state index is 0.290. The summed E-state index contributed by atoms with van der Waals surface area (Å²) in [6.07, 6.45) is 6.29. The van der Waals surface area contributed by atoms with E-state index in [9.17, 15) is 0 Å². The zero-order chi connectivity index (χ0) is 12.3. The van der Waals surface area contributed by atoms with Crippen molar-refractivity contribution in [3.8, 4) is 5.75 Å². The van der Waals surface area contributed by atoms with Gasteiger partial charge >= 0.3 is 0 Å². The minimum Gasteiger partial charge on any atom is -0.490 e. The summed E-state index contributed by atoms with van der Waals surface area (Å²) < 4.78 is 5.98. The summed E-state index contributed by atoms with van der Waals surface area (Å²) in [5.74, 6) is 0.758. The summed E-state index contributed by atoms with van der Waals surface area (Å²) in [4.78, 5) is 0.332. The Kier molecular flexibility index (Phi) is 4.24. The van der Waals surface area contributed by atoms with Crippen LogP contribution in [0, 0.1) is 0 Å². The molecule has 0 radical (unpaired) electrons. The van der Waals surface area contributed by atoms with E-state index in [-0.39, 0.29) is 6.10 Å². The minimum atomic E-state index is 0.290. The van der Waals surface area contributed by atoms with E-state index < -0.39 is 0 Å². The van der Waals surface area contributed by atoms with E-state index in [4.69, 9.17) is 34.3 Å². The van der Waals surface area contributed by atoms with Gasteiger partial charge in [0.05, 0.1) is 11.7 Å². The monoisotopic (exact) mass is 269 g/mol. The highest BCUT2D eigenvalue weighted by atomic mass is 35.5. The van der Waals surface area contributed by atoms with E-state index in [1.165, 1.54) is 19.3 Å². The van der Waals surface area contributed by atoms with Gasteiger partial charge in [-0.15, -0.1) is 0 Å². The molecule has 0 aromatic heterocycles. The van der Waals surface area contributed by atoms with Crippen molar-refractivity contribution in [3.63, 3.8) is 0 Å². The van der Waals surface area contributed by atoms with Crippen LogP contribution < -0.4 is 10.5 Å². The van der Waals surface area contributed by atoms with E-state index in [1.54, 1.807) is 6.07 Å². The van der Waals surface area contributed by atoms with Crippen LogP contribution in [0.4, 0.5) is 0 Å². The molecule has 0 bridgehead atoms. The molecular formula is C13H16ClNOS. The molecular weight excluding hydrogens is 254 g/mol. The molecule has 0 atom stereocenters. The van der Waals surface area contributed by atoms with Crippen molar-refractivity contribution >= 4 is 28.8 Å². The fourth-order valence-electron chi connectivity index (χ4n) is 2.16. The summed E-state index contributed by atoms with van der Waals surface area (Å²) in [5, 5.41) is 0.629. The van der Waals surface area contributed by atoms with Gasteiger partial charge < -0.3 is 10.5 Å². The van der Waals surface area contributed by atoms with Crippen LogP contribution in [-0.2, 0) is 0 Å². The topological polar surface area (TPSA) is 35.2 Å². The predicted molar refractivity (Wildman–Crippen MR) is 74.8 cm³/mol. The van der Waals surface area contributed by atoms with Crippen molar-refractivity contribution in [2.45, 2.75) is 38.2 Å². The van der Waals surface area contributed by atoms with Gasteiger partial charge in [-0.25, -0.2) is 0 Å². The molecule has 0 spiro atoms. The molecule has 2 rings (SSSR count). The van der Waals surface area contributed by atoms with Gasteiger partial charge in [0.25, 0.3) is 0 Å². The van der Waals surface area contributed by atoms with Gasteiger partial charge in [0.1, 0.15) is 10.7 Å². The van der Waals surface area contributed by atoms with E-state index >= 15 is 0 Å². The van der Waals surface area contributed by atoms with Crippen molar-refractivity contribution in [2.24, 2.45) is 5.73 Å². The molecule has 17 heavy (non-hydrogen) atoms. The summed E-state index contributed by atoms with van der Waals surface area (Å²) >= 11 is 10.9. The maximum absolute atomic E-state index is 5.98. The van der Waals surface area contributed by atoms with E-state index in [2.05, 4.69) is 0 Å². The van der Waals surface area contributed by atoms with Crippen molar-refractivity contribution in [3.05, 3.63) is 28.8 Å². The number of ether oxygens (including phenoxy) is 1. The number of hydrogen-bond acceptors (Lipinski definition) is 2. The van der Waals surface area contributed by atoms with Crippen molar-refractivity contribution in [1.29, 1.82) is 0 Å². The number of thiocarbonyl (C=S) groups is 1. The third kappa shape index (κ3) is 3.33. The molecule has 2 nitrogen and oxygen atoms in total. The Bertz CT molecular complexity index is 416. The van der Waals surface area contributed by atoms with Crippen LogP contribution in [0.15, 0.2) is 18.2 Å². The SMILES string of the molecule is NC(=S)c1cc(Cl)ccc1OC1CCCCC1. The Balaban J connectivity index is 2.16. The number of benzene rings is 1. The fraction of sp³-hybridized carbons (Fsp3) is 0.462. The summed E-state index contributed by atoms with van der Waals surface area (Å²) in [6.45, 7) is 0. The highest BCUT2D eigenvalue weighted by Gasteiger charge is 2.17. The quantitative estimate of drug-likeness (QED) is 0.850. The van der Waals surface area contributed by atoms with Gasteiger partial charge in [-0.05, 0) is 43.9 Å². The predicted octanol–water partition coefficient (Wildman–Crippen LogP) is 3.69. The Labute approximate surface area is 112 Å². The largest absolute Gasteiger partial charge is 0.490 e. The van der Waals surface area contributed by atoms with Crippen LogP contribution in [0.3, 0.4) is 0 Å². The second kappa shape index (κ2) is 5.69. The third-order valence-corrected chi connectivity index (χ3v) is 3.51. The second-order valence-electron chi connectivity index (χ2n) is 4.38. The molecule has 1 aliphatic rings. The van der Waals surface area contributed by atoms with Gasteiger partial charge in [-0.1, -0.05) is 30.2 Å². The molecule has 0 amide bonds. The number of rotatable bonds is 3. The molecule has 1 fully saturated rings. The molecule has 0 aliphatic heterocycles. The van der Waals surface area contributed by atoms with Gasteiger partial charge in [0.2, 0.25) is 0 Å². The molecule has 1 aromatic carbocycles. The van der Waals surface area contributed by atoms with Gasteiger partial charge in [-0.2, -0.15) is 0 Å². The van der Waals surface area contributed by atoms with Crippen LogP contribution in [-0.4, -0.2) is 11.1 Å². The average molecular weight is 270 g/mol. The number of hydrogen-bond donors (Lipinski definition) is 1. The van der Waals surface area contributed by atoms with Crippen LogP contribution in [0.5, 0.6) is 5.75 Å². The molecule has 1 aromatic rings. The van der Waals surface area contributed by atoms with E-state index in [0.717, 1.165) is 24.2 Å². The summed E-state index contributed by atoms with van der Waals surface area (Å²) in [5.41, 5.74) is 6.42. The molecule has 0 saturated heterocycles. The first-order valence-corrected chi connectivity index (χ1v) is 6.71. The maximum Gasteiger partial charge on any atom is 0.129 e. The Morgan fingerprint density at radius 3 is 2.65 bits per heavy atom. The first-order chi connectivity index (χ1) is 8.16. The Morgan fingerprint density at radius 1 is 1.29 bits per heavy atom. The van der Waals surface area contributed by atoms with Crippen LogP contribution >= 0.6 is 23.8 Å². The lowest BCUT2D eigenvalue weighted by molar-refractivity contribution is 0.155. The van der Waals surface area contributed by atoms with Crippen LogP contribution in [0.25, 0.3) is 0 Å². The fourth-order valence-corrected chi connectivity index (χ4v) is 2.49. The first-order valence-electron chi connectivity index (χ1n) is 5.93. The van der Waals surface area contributed by atoms with Crippen molar-refractivity contribution < 1.29 is 4.74 Å². The second-order valence-corrected chi connectivity index (χ2v) is 5.26. The van der Waals surface area contributed by atoms with E-state index in [1.807, 2.05) is 12.1 Å². The number of nitrogens with two attached hydrogens (primary N) is 1. The molecule has 92 valence electrons. The van der Waals surface area contributed by atoms with Crippen LogP contribution in [0.1, 0.15) is 37.7 Å². The van der Waals surface area contributed by atoms with Gasteiger partial charge in [0.15, 0.2) is 0 Å². The lowest BCUT2D eigenvalue weighted by Crippen LogP contribution is -2.21. The zero-order valence-electron chi connectivity index (χ0n) is 9.62. The molecule has 0 unspecified atom stereocenters. The van der Waals surface area contributed by atoms with Crippen LogP contribution in [0.2, 0.25) is 5.02 Å². The maximum atomic E-state index is 5.98. The van der Waals surface area contributed by atoms with Gasteiger partial charge in [-0.3, -0.25) is 0 Å². The lowest BCUT2D eigenvalue weighted by Gasteiger charge is -2.24. The molecule has 0 heterocycles. The highest BCUT2D eigenvalue weighted by molar-refractivity contribution is 7.80. The molecule has 1 saturated carbocycles. The molecule has 2 N–H and O–H groups in total. The normalized spacial score (nSPS) is 16.8. The lowest BCUT2D eigenvalue weighted by atomic mass is 9.97. The first kappa shape index (κ1) is 12.7. The smallest absolute Gasteiger partial charge is 0.129 e.